The second-order valence-corrected chi connectivity index (χ2v) is 7.87. The summed E-state index contributed by atoms with van der Waals surface area (Å²) >= 11 is 0. The molecule has 9 heteroatoms. The Labute approximate surface area is 163 Å². The van der Waals surface area contributed by atoms with Crippen molar-refractivity contribution in [2.75, 3.05) is 16.3 Å². The van der Waals surface area contributed by atoms with E-state index in [0.29, 0.717) is 11.4 Å². The summed E-state index contributed by atoms with van der Waals surface area (Å²) in [7, 11) is -3.41. The van der Waals surface area contributed by atoms with Crippen LogP contribution in [0.15, 0.2) is 48.5 Å². The third-order valence-corrected chi connectivity index (χ3v) is 4.15. The smallest absolute Gasteiger partial charge is 0.338 e. The number of ketones is 1. The number of esters is 1. The minimum atomic E-state index is -3.41. The van der Waals surface area contributed by atoms with Crippen molar-refractivity contribution in [3.63, 3.8) is 0 Å². The van der Waals surface area contributed by atoms with Crippen LogP contribution >= 0.6 is 0 Å². The van der Waals surface area contributed by atoms with Crippen molar-refractivity contribution in [1.82, 2.24) is 0 Å². The van der Waals surface area contributed by atoms with E-state index < -0.39 is 27.9 Å². The first kappa shape index (κ1) is 21.1. The van der Waals surface area contributed by atoms with Crippen LogP contribution in [0.25, 0.3) is 0 Å². The molecule has 0 saturated carbocycles. The van der Waals surface area contributed by atoms with Crippen LogP contribution in [0.3, 0.4) is 0 Å². The topological polar surface area (TPSA) is 119 Å². The Hall–Kier alpha value is -3.20. The molecule has 0 fully saturated rings. The van der Waals surface area contributed by atoms with E-state index in [-0.39, 0.29) is 17.0 Å². The van der Waals surface area contributed by atoms with Crippen LogP contribution in [0.1, 0.15) is 34.6 Å². The fraction of sp³-hybridized carbons (Fsp3) is 0.211. The molecule has 1 atom stereocenters. The number of anilines is 2. The molecular formula is C19H20N2O6S. The maximum Gasteiger partial charge on any atom is 0.338 e. The lowest BCUT2D eigenvalue weighted by Crippen LogP contribution is -2.24. The van der Waals surface area contributed by atoms with Crippen molar-refractivity contribution in [3.8, 4) is 0 Å². The first-order chi connectivity index (χ1) is 13.0. The highest BCUT2D eigenvalue weighted by Gasteiger charge is 2.21. The summed E-state index contributed by atoms with van der Waals surface area (Å²) in [6, 6.07) is 11.9. The van der Waals surface area contributed by atoms with Crippen LogP contribution in [0, 0.1) is 0 Å². The molecule has 0 saturated heterocycles. The van der Waals surface area contributed by atoms with Gasteiger partial charge >= 0.3 is 5.97 Å². The lowest BCUT2D eigenvalue weighted by molar-refractivity contribution is -0.114. The number of ether oxygens (including phenoxy) is 1. The molecule has 148 valence electrons. The second kappa shape index (κ2) is 8.66. The zero-order valence-corrected chi connectivity index (χ0v) is 16.4. The second-order valence-electron chi connectivity index (χ2n) is 6.13. The highest BCUT2D eigenvalue weighted by Crippen LogP contribution is 2.16. The van der Waals surface area contributed by atoms with Crippen molar-refractivity contribution in [2.45, 2.75) is 20.0 Å². The van der Waals surface area contributed by atoms with Crippen molar-refractivity contribution in [2.24, 2.45) is 0 Å². The highest BCUT2D eigenvalue weighted by molar-refractivity contribution is 7.92. The number of Topliss-reactive ketones (excluding diaryl/α,β-unsaturated/α-hetero) is 1. The highest BCUT2D eigenvalue weighted by atomic mass is 32.2. The molecule has 28 heavy (non-hydrogen) atoms. The maximum atomic E-state index is 12.4. The quantitative estimate of drug-likeness (QED) is 0.540. The Balaban J connectivity index is 2.05. The van der Waals surface area contributed by atoms with Gasteiger partial charge in [0.15, 0.2) is 6.10 Å². The van der Waals surface area contributed by atoms with Crippen LogP contribution in [0.5, 0.6) is 0 Å². The number of hydrogen-bond donors (Lipinski definition) is 2. The normalized spacial score (nSPS) is 12.0. The summed E-state index contributed by atoms with van der Waals surface area (Å²) in [6.07, 6.45) is -0.0280. The van der Waals surface area contributed by atoms with Crippen LogP contribution < -0.4 is 10.0 Å². The average molecular weight is 404 g/mol. The van der Waals surface area contributed by atoms with E-state index in [1.807, 2.05) is 0 Å². The predicted molar refractivity (Wildman–Crippen MR) is 105 cm³/mol. The lowest BCUT2D eigenvalue weighted by atomic mass is 10.1. The number of carbonyl (C=O) groups is 3. The van der Waals surface area contributed by atoms with Gasteiger partial charge < -0.3 is 10.1 Å². The van der Waals surface area contributed by atoms with E-state index in [2.05, 4.69) is 10.0 Å². The minimum Gasteiger partial charge on any atom is -0.451 e. The third kappa shape index (κ3) is 6.20. The number of benzene rings is 2. The molecule has 0 radical (unpaired) electrons. The van der Waals surface area contributed by atoms with E-state index in [1.165, 1.54) is 50.2 Å². The van der Waals surface area contributed by atoms with Crippen LogP contribution in [-0.2, 0) is 19.6 Å². The van der Waals surface area contributed by atoms with Gasteiger partial charge in [0.25, 0.3) is 0 Å². The van der Waals surface area contributed by atoms with E-state index in [4.69, 9.17) is 4.74 Å². The molecular weight excluding hydrogens is 384 g/mol. The van der Waals surface area contributed by atoms with Gasteiger partial charge in [-0.25, -0.2) is 13.2 Å². The summed E-state index contributed by atoms with van der Waals surface area (Å²) in [6.45, 7) is 2.79. The Kier molecular flexibility index (Phi) is 6.53. The van der Waals surface area contributed by atoms with Crippen molar-refractivity contribution in [3.05, 3.63) is 59.7 Å². The monoisotopic (exact) mass is 404 g/mol. The van der Waals surface area contributed by atoms with E-state index >= 15 is 0 Å². The molecule has 2 N–H and O–H groups in total. The Morgan fingerprint density at radius 3 is 2.18 bits per heavy atom. The van der Waals surface area contributed by atoms with Gasteiger partial charge in [0.05, 0.1) is 11.8 Å². The molecule has 0 aliphatic rings. The Morgan fingerprint density at radius 1 is 0.964 bits per heavy atom. The molecule has 0 heterocycles. The third-order valence-electron chi connectivity index (χ3n) is 3.54. The Bertz CT molecular complexity index is 999. The number of amides is 1. The van der Waals surface area contributed by atoms with Gasteiger partial charge in [-0.3, -0.25) is 14.3 Å². The van der Waals surface area contributed by atoms with E-state index in [0.717, 1.165) is 6.26 Å². The molecule has 0 bridgehead atoms. The van der Waals surface area contributed by atoms with Gasteiger partial charge in [0.1, 0.15) is 0 Å². The van der Waals surface area contributed by atoms with Gasteiger partial charge in [-0.1, -0.05) is 6.07 Å². The summed E-state index contributed by atoms with van der Waals surface area (Å²) in [4.78, 5) is 35.8. The standard InChI is InChI=1S/C19H20N2O6S/c1-12(18(23)14-7-9-16(10-8-14)21-28(3,25)26)27-19(24)15-5-4-6-17(11-15)20-13(2)22/h4-12,21H,1-3H3,(H,20,22). The van der Waals surface area contributed by atoms with Crippen molar-refractivity contribution in [1.29, 1.82) is 0 Å². The molecule has 2 aromatic rings. The molecule has 2 rings (SSSR count). The van der Waals surface area contributed by atoms with Crippen LogP contribution in [0.4, 0.5) is 11.4 Å². The first-order valence-electron chi connectivity index (χ1n) is 8.26. The largest absolute Gasteiger partial charge is 0.451 e. The summed E-state index contributed by atoms with van der Waals surface area (Å²) in [5.41, 5.74) is 1.22. The molecule has 2 aromatic carbocycles. The molecule has 8 nitrogen and oxygen atoms in total. The van der Waals surface area contributed by atoms with Crippen molar-refractivity contribution < 1.29 is 27.5 Å². The van der Waals surface area contributed by atoms with Crippen molar-refractivity contribution >= 4 is 39.1 Å². The van der Waals surface area contributed by atoms with E-state index in [1.54, 1.807) is 12.1 Å². The Morgan fingerprint density at radius 2 is 1.61 bits per heavy atom. The molecule has 1 unspecified atom stereocenters. The fourth-order valence-electron chi connectivity index (χ4n) is 2.36. The molecule has 0 aliphatic heterocycles. The number of rotatable bonds is 7. The van der Waals surface area contributed by atoms with Gasteiger partial charge in [-0.2, -0.15) is 0 Å². The summed E-state index contributed by atoms with van der Waals surface area (Å²) in [5, 5.41) is 2.56. The van der Waals surface area contributed by atoms with E-state index in [9.17, 15) is 22.8 Å². The zero-order valence-electron chi connectivity index (χ0n) is 15.6. The maximum absolute atomic E-state index is 12.4. The molecule has 0 spiro atoms. The van der Waals surface area contributed by atoms with Crippen LogP contribution in [0.2, 0.25) is 0 Å². The number of nitrogens with one attached hydrogen (secondary N) is 2. The number of hydrogen-bond acceptors (Lipinski definition) is 6. The summed E-state index contributed by atoms with van der Waals surface area (Å²) < 4.78 is 29.9. The summed E-state index contributed by atoms with van der Waals surface area (Å²) in [5.74, 6) is -1.41. The fourth-order valence-corrected chi connectivity index (χ4v) is 2.92. The van der Waals surface area contributed by atoms with Gasteiger partial charge in [0, 0.05) is 23.9 Å². The minimum absolute atomic E-state index is 0.193. The van der Waals surface area contributed by atoms with Gasteiger partial charge in [-0.05, 0) is 49.4 Å². The van der Waals surface area contributed by atoms with Gasteiger partial charge in [-0.15, -0.1) is 0 Å². The van der Waals surface area contributed by atoms with Crippen LogP contribution in [-0.4, -0.2) is 38.4 Å². The molecule has 1 amide bonds. The zero-order chi connectivity index (χ0) is 20.9. The van der Waals surface area contributed by atoms with Gasteiger partial charge in [0.2, 0.25) is 21.7 Å². The SMILES string of the molecule is CC(=O)Nc1cccc(C(=O)OC(C)C(=O)c2ccc(NS(C)(=O)=O)cc2)c1. The number of carbonyl (C=O) groups excluding carboxylic acids is 3. The molecule has 0 aromatic heterocycles. The predicted octanol–water partition coefficient (Wildman–Crippen LogP) is 2.44. The average Bonchev–Trinajstić information content (AvgIpc) is 2.60. The number of sulfonamides is 1. The first-order valence-corrected chi connectivity index (χ1v) is 10.1. The lowest BCUT2D eigenvalue weighted by Gasteiger charge is -2.13. The molecule has 0 aliphatic carbocycles.